The van der Waals surface area contributed by atoms with Gasteiger partial charge < -0.3 is 4.74 Å². The molecule has 4 nitrogen and oxygen atoms in total. The molecule has 0 saturated carbocycles. The number of rotatable bonds is 4. The van der Waals surface area contributed by atoms with Gasteiger partial charge in [0.05, 0.1) is 13.3 Å². The standard InChI is InChI=1S/C17H20N2O2/c1-11(2)19-16(15(21-3)10-18-19)17(20)14-8-7-12-5-4-6-13(12)9-14/h7-11H,4-6H2,1-3H3. The number of ether oxygens (including phenoxy) is 1. The lowest BCUT2D eigenvalue weighted by molar-refractivity contribution is 0.102. The molecule has 0 atom stereocenters. The van der Waals surface area contributed by atoms with Gasteiger partial charge in [-0.25, -0.2) is 0 Å². The molecule has 0 radical (unpaired) electrons. The number of aromatic nitrogens is 2. The van der Waals surface area contributed by atoms with Crippen molar-refractivity contribution in [2.75, 3.05) is 7.11 Å². The lowest BCUT2D eigenvalue weighted by Gasteiger charge is -2.12. The highest BCUT2D eigenvalue weighted by Crippen LogP contribution is 2.27. The second-order valence-electron chi connectivity index (χ2n) is 5.77. The van der Waals surface area contributed by atoms with Gasteiger partial charge in [-0.15, -0.1) is 0 Å². The van der Waals surface area contributed by atoms with Gasteiger partial charge in [0.2, 0.25) is 5.78 Å². The molecule has 4 heteroatoms. The van der Waals surface area contributed by atoms with E-state index in [4.69, 9.17) is 4.74 Å². The minimum absolute atomic E-state index is 0.0206. The average molecular weight is 284 g/mol. The highest BCUT2D eigenvalue weighted by molar-refractivity contribution is 6.09. The Labute approximate surface area is 124 Å². The van der Waals surface area contributed by atoms with Crippen LogP contribution in [0.15, 0.2) is 24.4 Å². The molecule has 0 aliphatic heterocycles. The Hall–Kier alpha value is -2.10. The molecule has 1 aromatic heterocycles. The number of carbonyl (C=O) groups excluding carboxylic acids is 1. The number of aryl methyl sites for hydroxylation is 2. The van der Waals surface area contributed by atoms with Gasteiger partial charge in [-0.1, -0.05) is 12.1 Å². The highest BCUT2D eigenvalue weighted by Gasteiger charge is 2.23. The van der Waals surface area contributed by atoms with Gasteiger partial charge in [0, 0.05) is 11.6 Å². The van der Waals surface area contributed by atoms with Crippen molar-refractivity contribution < 1.29 is 9.53 Å². The zero-order valence-corrected chi connectivity index (χ0v) is 12.7. The molecule has 1 aliphatic rings. The van der Waals surface area contributed by atoms with Gasteiger partial charge >= 0.3 is 0 Å². The Balaban J connectivity index is 2.04. The van der Waals surface area contributed by atoms with Gasteiger partial charge in [-0.2, -0.15) is 5.10 Å². The molecule has 0 spiro atoms. The van der Waals surface area contributed by atoms with Crippen LogP contribution in [0.3, 0.4) is 0 Å². The summed E-state index contributed by atoms with van der Waals surface area (Å²) in [6, 6.07) is 6.14. The average Bonchev–Trinajstić information content (AvgIpc) is 3.11. The maximum atomic E-state index is 12.9. The molecule has 1 aromatic carbocycles. The van der Waals surface area contributed by atoms with Gasteiger partial charge in [-0.3, -0.25) is 9.48 Å². The van der Waals surface area contributed by atoms with E-state index in [9.17, 15) is 4.79 Å². The summed E-state index contributed by atoms with van der Waals surface area (Å²) in [5.74, 6) is 0.516. The molecule has 1 aliphatic carbocycles. The summed E-state index contributed by atoms with van der Waals surface area (Å²) >= 11 is 0. The normalized spacial score (nSPS) is 13.5. The van der Waals surface area contributed by atoms with Crippen LogP contribution in [0, 0.1) is 0 Å². The lowest BCUT2D eigenvalue weighted by Crippen LogP contribution is -2.14. The number of fused-ring (bicyclic) bond motifs is 1. The third kappa shape index (κ3) is 2.35. The van der Waals surface area contributed by atoms with Crippen LogP contribution in [0.2, 0.25) is 0 Å². The van der Waals surface area contributed by atoms with Crippen molar-refractivity contribution >= 4 is 5.78 Å². The predicted octanol–water partition coefficient (Wildman–Crippen LogP) is 3.19. The summed E-state index contributed by atoms with van der Waals surface area (Å²) < 4.78 is 7.04. The van der Waals surface area contributed by atoms with E-state index in [1.165, 1.54) is 17.5 Å². The summed E-state index contributed by atoms with van der Waals surface area (Å²) in [4.78, 5) is 12.9. The third-order valence-corrected chi connectivity index (χ3v) is 4.05. The second-order valence-corrected chi connectivity index (χ2v) is 5.77. The van der Waals surface area contributed by atoms with Crippen molar-refractivity contribution in [3.05, 3.63) is 46.8 Å². The monoisotopic (exact) mass is 284 g/mol. The fraction of sp³-hybridized carbons (Fsp3) is 0.412. The van der Waals surface area contributed by atoms with Gasteiger partial charge in [0.15, 0.2) is 11.4 Å². The first-order chi connectivity index (χ1) is 10.1. The zero-order chi connectivity index (χ0) is 15.0. The number of hydrogen-bond acceptors (Lipinski definition) is 3. The maximum Gasteiger partial charge on any atom is 0.214 e. The van der Waals surface area contributed by atoms with E-state index in [0.29, 0.717) is 11.4 Å². The second kappa shape index (κ2) is 5.35. The van der Waals surface area contributed by atoms with E-state index in [0.717, 1.165) is 18.4 Å². The number of carbonyl (C=O) groups is 1. The SMILES string of the molecule is COc1cnn(C(C)C)c1C(=O)c1ccc2c(c1)CCC2. The van der Waals surface area contributed by atoms with Crippen LogP contribution >= 0.6 is 0 Å². The molecule has 0 bridgehead atoms. The van der Waals surface area contributed by atoms with E-state index in [2.05, 4.69) is 11.2 Å². The minimum Gasteiger partial charge on any atom is -0.493 e. The lowest BCUT2D eigenvalue weighted by atomic mass is 10.0. The molecule has 3 rings (SSSR count). The number of nitrogens with zero attached hydrogens (tertiary/aromatic N) is 2. The smallest absolute Gasteiger partial charge is 0.214 e. The van der Waals surface area contributed by atoms with Crippen LogP contribution in [0.25, 0.3) is 0 Å². The topological polar surface area (TPSA) is 44.1 Å². The molecule has 0 fully saturated rings. The van der Waals surface area contributed by atoms with E-state index in [-0.39, 0.29) is 11.8 Å². The number of hydrogen-bond donors (Lipinski definition) is 0. The van der Waals surface area contributed by atoms with Crippen LogP contribution in [-0.2, 0) is 12.8 Å². The number of ketones is 1. The fourth-order valence-electron chi connectivity index (χ4n) is 2.95. The molecular weight excluding hydrogens is 264 g/mol. The third-order valence-electron chi connectivity index (χ3n) is 4.05. The Kier molecular flexibility index (Phi) is 3.53. The number of benzene rings is 1. The maximum absolute atomic E-state index is 12.9. The first-order valence-corrected chi connectivity index (χ1v) is 7.40. The van der Waals surface area contributed by atoms with Crippen molar-refractivity contribution in [1.82, 2.24) is 9.78 Å². The van der Waals surface area contributed by atoms with Crippen LogP contribution in [0.1, 0.15) is 53.5 Å². The van der Waals surface area contributed by atoms with E-state index in [1.807, 2.05) is 26.0 Å². The molecule has 1 heterocycles. The summed E-state index contributed by atoms with van der Waals surface area (Å²) in [6.07, 6.45) is 4.98. The summed E-state index contributed by atoms with van der Waals surface area (Å²) in [5, 5.41) is 4.28. The molecule has 0 amide bonds. The first-order valence-electron chi connectivity index (χ1n) is 7.40. The quantitative estimate of drug-likeness (QED) is 0.810. The molecule has 0 unspecified atom stereocenters. The summed E-state index contributed by atoms with van der Waals surface area (Å²) in [7, 11) is 1.57. The van der Waals surface area contributed by atoms with E-state index < -0.39 is 0 Å². The molecule has 0 saturated heterocycles. The van der Waals surface area contributed by atoms with Crippen molar-refractivity contribution in [3.8, 4) is 5.75 Å². The van der Waals surface area contributed by atoms with Gasteiger partial charge in [0.25, 0.3) is 0 Å². The van der Waals surface area contributed by atoms with E-state index >= 15 is 0 Å². The highest BCUT2D eigenvalue weighted by atomic mass is 16.5. The Morgan fingerprint density at radius 1 is 1.29 bits per heavy atom. The first kappa shape index (κ1) is 13.9. The van der Waals surface area contributed by atoms with Gasteiger partial charge in [0.1, 0.15) is 0 Å². The Morgan fingerprint density at radius 3 is 2.76 bits per heavy atom. The molecule has 110 valence electrons. The van der Waals surface area contributed by atoms with Crippen LogP contribution in [0.4, 0.5) is 0 Å². The van der Waals surface area contributed by atoms with Crippen molar-refractivity contribution in [2.24, 2.45) is 0 Å². The Bertz CT molecular complexity index is 686. The summed E-state index contributed by atoms with van der Waals surface area (Å²) in [5.41, 5.74) is 3.92. The van der Waals surface area contributed by atoms with Crippen LogP contribution in [-0.4, -0.2) is 22.7 Å². The van der Waals surface area contributed by atoms with Gasteiger partial charge in [-0.05, 0) is 50.3 Å². The Morgan fingerprint density at radius 2 is 2.05 bits per heavy atom. The predicted molar refractivity (Wildman–Crippen MR) is 81.1 cm³/mol. The van der Waals surface area contributed by atoms with Crippen LogP contribution in [0.5, 0.6) is 5.75 Å². The minimum atomic E-state index is -0.0206. The van der Waals surface area contributed by atoms with Crippen molar-refractivity contribution in [1.29, 1.82) is 0 Å². The number of methoxy groups -OCH3 is 1. The molecule has 21 heavy (non-hydrogen) atoms. The molecular formula is C17H20N2O2. The van der Waals surface area contributed by atoms with E-state index in [1.54, 1.807) is 18.0 Å². The van der Waals surface area contributed by atoms with Crippen molar-refractivity contribution in [3.63, 3.8) is 0 Å². The largest absolute Gasteiger partial charge is 0.493 e. The summed E-state index contributed by atoms with van der Waals surface area (Å²) in [6.45, 7) is 4.01. The van der Waals surface area contributed by atoms with Crippen LogP contribution < -0.4 is 4.74 Å². The van der Waals surface area contributed by atoms with Crippen molar-refractivity contribution in [2.45, 2.75) is 39.2 Å². The fourth-order valence-corrected chi connectivity index (χ4v) is 2.95. The molecule has 2 aromatic rings. The molecule has 0 N–H and O–H groups in total. The zero-order valence-electron chi connectivity index (χ0n) is 12.7.